The van der Waals surface area contributed by atoms with E-state index in [1.165, 1.54) is 0 Å². The lowest BCUT2D eigenvalue weighted by atomic mass is 10.0. The van der Waals surface area contributed by atoms with Gasteiger partial charge < -0.3 is 34.6 Å². The van der Waals surface area contributed by atoms with Crippen molar-refractivity contribution in [3.05, 3.63) is 54.1 Å². The minimum absolute atomic E-state index is 0.0778. The number of urea groups is 1. The molecule has 2 aromatic rings. The number of carbonyl (C=O) groups excluding carboxylic acids is 2. The lowest BCUT2D eigenvalue weighted by molar-refractivity contribution is -0.0115. The second kappa shape index (κ2) is 14.9. The third-order valence-electron chi connectivity index (χ3n) is 7.38. The number of para-hydroxylation sites is 1. The van der Waals surface area contributed by atoms with Gasteiger partial charge >= 0.3 is 6.03 Å². The van der Waals surface area contributed by atoms with Gasteiger partial charge in [0.05, 0.1) is 30.4 Å². The molecule has 9 nitrogen and oxygen atoms in total. The van der Waals surface area contributed by atoms with E-state index in [0.717, 1.165) is 30.6 Å². The van der Waals surface area contributed by atoms with Gasteiger partial charge in [0, 0.05) is 58.1 Å². The smallest absolute Gasteiger partial charge is 0.321 e. The Kier molecular flexibility index (Phi) is 11.6. The van der Waals surface area contributed by atoms with Crippen LogP contribution in [0.15, 0.2) is 48.5 Å². The van der Waals surface area contributed by atoms with Gasteiger partial charge in [-0.05, 0) is 63.4 Å². The molecule has 0 aliphatic carbocycles. The van der Waals surface area contributed by atoms with Crippen LogP contribution in [-0.2, 0) is 4.74 Å². The number of nitrogens with zero attached hydrogens (tertiary/aromatic N) is 3. The average molecular weight is 555 g/mol. The predicted molar refractivity (Wildman–Crippen MR) is 159 cm³/mol. The quantitative estimate of drug-likeness (QED) is 0.537. The topological polar surface area (TPSA) is 94.6 Å². The van der Waals surface area contributed by atoms with Crippen LogP contribution < -0.4 is 15.0 Å². The van der Waals surface area contributed by atoms with Crippen LogP contribution in [0.4, 0.5) is 16.2 Å². The van der Waals surface area contributed by atoms with Crippen molar-refractivity contribution in [2.75, 3.05) is 57.7 Å². The Bertz CT molecular complexity index is 1100. The fourth-order valence-electron chi connectivity index (χ4n) is 4.74. The van der Waals surface area contributed by atoms with Crippen molar-refractivity contribution in [1.82, 2.24) is 9.80 Å². The summed E-state index contributed by atoms with van der Waals surface area (Å²) in [6.45, 7) is 6.95. The predicted octanol–water partition coefficient (Wildman–Crippen LogP) is 4.71. The lowest BCUT2D eigenvalue weighted by Crippen LogP contribution is -2.48. The van der Waals surface area contributed by atoms with E-state index in [1.54, 1.807) is 16.8 Å². The molecule has 0 saturated heterocycles. The van der Waals surface area contributed by atoms with E-state index in [4.69, 9.17) is 9.47 Å². The van der Waals surface area contributed by atoms with Crippen LogP contribution in [0.5, 0.6) is 5.75 Å². The van der Waals surface area contributed by atoms with Crippen LogP contribution in [0.2, 0.25) is 0 Å². The molecule has 3 amide bonds. The Morgan fingerprint density at radius 1 is 1.12 bits per heavy atom. The Morgan fingerprint density at radius 3 is 2.52 bits per heavy atom. The van der Waals surface area contributed by atoms with Gasteiger partial charge in [0.2, 0.25) is 0 Å². The highest BCUT2D eigenvalue weighted by Gasteiger charge is 2.31. The molecule has 4 atom stereocenters. The summed E-state index contributed by atoms with van der Waals surface area (Å²) in [7, 11) is 5.61. The maximum atomic E-state index is 14.1. The van der Waals surface area contributed by atoms with Crippen molar-refractivity contribution in [3.8, 4) is 5.75 Å². The van der Waals surface area contributed by atoms with Crippen molar-refractivity contribution >= 4 is 23.3 Å². The highest BCUT2D eigenvalue weighted by atomic mass is 16.5. The van der Waals surface area contributed by atoms with Crippen molar-refractivity contribution in [3.63, 3.8) is 0 Å². The van der Waals surface area contributed by atoms with E-state index in [2.05, 4.69) is 5.32 Å². The van der Waals surface area contributed by atoms with Crippen LogP contribution in [0, 0.1) is 5.92 Å². The molecule has 1 heterocycles. The van der Waals surface area contributed by atoms with Crippen molar-refractivity contribution in [1.29, 1.82) is 0 Å². The summed E-state index contributed by atoms with van der Waals surface area (Å²) in [5.74, 6) is 0.228. The Morgan fingerprint density at radius 2 is 1.85 bits per heavy atom. The number of aliphatic hydroxyl groups is 1. The standard InChI is InChI=1S/C31H46N4O5/c1-22-19-35(23(2)21-36)30(37)27-18-26(33(4)5)15-16-28(27)40-24(3)12-10-11-17-39-29(22)20-34(6)31(38)32-25-13-8-7-9-14-25/h7-9,13-16,18,22-24,29,36H,10-12,17,19-21H2,1-6H3,(H,32,38)/t22-,23-,24-,29+/m1/s1. The molecule has 0 saturated carbocycles. The van der Waals surface area contributed by atoms with Crippen LogP contribution in [0.25, 0.3) is 0 Å². The summed E-state index contributed by atoms with van der Waals surface area (Å²) in [5, 5.41) is 13.0. The normalized spacial score (nSPS) is 21.4. The SMILES string of the molecule is C[C@@H]1CCCCO[C@@H](CN(C)C(=O)Nc2ccccc2)[C@H](C)CN([C@H](C)CO)C(=O)c2cc(N(C)C)ccc2O1. The number of likely N-dealkylation sites (N-methyl/N-ethyl adjacent to an activating group) is 1. The van der Waals surface area contributed by atoms with Gasteiger partial charge in [-0.1, -0.05) is 25.1 Å². The molecule has 0 spiro atoms. The molecule has 0 fully saturated rings. The molecule has 0 unspecified atom stereocenters. The molecule has 40 heavy (non-hydrogen) atoms. The summed E-state index contributed by atoms with van der Waals surface area (Å²) in [5.41, 5.74) is 2.08. The number of anilines is 2. The highest BCUT2D eigenvalue weighted by molar-refractivity contribution is 5.98. The molecule has 9 heteroatoms. The molecule has 220 valence electrons. The Hall–Kier alpha value is -3.30. The molecular weight excluding hydrogens is 508 g/mol. The minimum Gasteiger partial charge on any atom is -0.490 e. The van der Waals surface area contributed by atoms with Crippen LogP contribution in [0.1, 0.15) is 50.4 Å². The monoisotopic (exact) mass is 554 g/mol. The molecule has 2 N–H and O–H groups in total. The van der Waals surface area contributed by atoms with Crippen LogP contribution in [0.3, 0.4) is 0 Å². The first-order chi connectivity index (χ1) is 19.1. The van der Waals surface area contributed by atoms with Crippen molar-refractivity contribution < 1.29 is 24.2 Å². The maximum absolute atomic E-state index is 14.1. The van der Waals surface area contributed by atoms with E-state index in [9.17, 15) is 14.7 Å². The summed E-state index contributed by atoms with van der Waals surface area (Å²) in [6.07, 6.45) is 2.21. The number of benzene rings is 2. The Labute approximate surface area is 239 Å². The number of aliphatic hydroxyl groups excluding tert-OH is 1. The number of fused-ring (bicyclic) bond motifs is 1. The van der Waals surface area contributed by atoms with Gasteiger partial charge in [0.15, 0.2) is 0 Å². The number of carbonyl (C=O) groups is 2. The third-order valence-corrected chi connectivity index (χ3v) is 7.38. The maximum Gasteiger partial charge on any atom is 0.321 e. The van der Waals surface area contributed by atoms with E-state index in [0.29, 0.717) is 31.0 Å². The number of rotatable bonds is 6. The van der Waals surface area contributed by atoms with Gasteiger partial charge in [-0.3, -0.25) is 4.79 Å². The summed E-state index contributed by atoms with van der Waals surface area (Å²) in [4.78, 5) is 32.3. The van der Waals surface area contributed by atoms with Gasteiger partial charge in [0.1, 0.15) is 5.75 Å². The second-order valence-electron chi connectivity index (χ2n) is 11.1. The summed E-state index contributed by atoms with van der Waals surface area (Å²) >= 11 is 0. The molecule has 0 bridgehead atoms. The summed E-state index contributed by atoms with van der Waals surface area (Å²) < 4.78 is 12.6. The number of ether oxygens (including phenoxy) is 2. The minimum atomic E-state index is -0.420. The second-order valence-corrected chi connectivity index (χ2v) is 11.1. The first-order valence-electron chi connectivity index (χ1n) is 14.2. The zero-order valence-electron chi connectivity index (χ0n) is 24.8. The first kappa shape index (κ1) is 31.2. The lowest BCUT2D eigenvalue weighted by Gasteiger charge is -2.36. The van der Waals surface area contributed by atoms with Crippen molar-refractivity contribution in [2.45, 2.75) is 58.3 Å². The molecular formula is C31H46N4O5. The van der Waals surface area contributed by atoms with Crippen molar-refractivity contribution in [2.24, 2.45) is 5.92 Å². The van der Waals surface area contributed by atoms with Gasteiger partial charge in [-0.25, -0.2) is 4.79 Å². The van der Waals surface area contributed by atoms with Gasteiger partial charge in [-0.15, -0.1) is 0 Å². The summed E-state index contributed by atoms with van der Waals surface area (Å²) in [6, 6.07) is 14.4. The molecule has 0 radical (unpaired) electrons. The van der Waals surface area contributed by atoms with Crippen LogP contribution >= 0.6 is 0 Å². The largest absolute Gasteiger partial charge is 0.490 e. The van der Waals surface area contributed by atoms with E-state index in [1.807, 2.05) is 88.3 Å². The molecule has 2 aromatic carbocycles. The molecule has 1 aliphatic rings. The average Bonchev–Trinajstić information content (AvgIpc) is 2.94. The van der Waals surface area contributed by atoms with Crippen LogP contribution in [-0.4, -0.2) is 92.5 Å². The van der Waals surface area contributed by atoms with E-state index < -0.39 is 6.04 Å². The van der Waals surface area contributed by atoms with E-state index in [-0.39, 0.29) is 36.7 Å². The fourth-order valence-corrected chi connectivity index (χ4v) is 4.74. The zero-order chi connectivity index (χ0) is 29.2. The molecule has 3 rings (SSSR count). The van der Waals surface area contributed by atoms with Gasteiger partial charge in [-0.2, -0.15) is 0 Å². The molecule has 0 aromatic heterocycles. The highest BCUT2D eigenvalue weighted by Crippen LogP contribution is 2.29. The fraction of sp³-hybridized carbons (Fsp3) is 0.548. The van der Waals surface area contributed by atoms with Gasteiger partial charge in [0.25, 0.3) is 5.91 Å². The van der Waals surface area contributed by atoms with E-state index >= 15 is 0 Å². The number of amides is 3. The number of nitrogens with one attached hydrogen (secondary N) is 1. The molecule has 1 aliphatic heterocycles. The first-order valence-corrected chi connectivity index (χ1v) is 14.2. The zero-order valence-corrected chi connectivity index (χ0v) is 24.8. The Balaban J connectivity index is 1.88. The number of hydrogen-bond acceptors (Lipinski definition) is 6. The third kappa shape index (κ3) is 8.60. The number of hydrogen-bond donors (Lipinski definition) is 2.